The number of methoxy groups -OCH3 is 1. The Hall–Kier alpha value is -2.16. The van der Waals surface area contributed by atoms with Gasteiger partial charge in [0.15, 0.2) is 5.43 Å². The fraction of sp³-hybridized carbons (Fsp3) is 0.692. The minimum atomic E-state index is -1.02. The summed E-state index contributed by atoms with van der Waals surface area (Å²) in [6, 6.07) is 2.02. The van der Waals surface area contributed by atoms with Gasteiger partial charge in [0.05, 0.1) is 36.5 Å². The minimum absolute atomic E-state index is 0.0505. The molecule has 1 aromatic rings. The van der Waals surface area contributed by atoms with E-state index in [0.29, 0.717) is 18.7 Å². The van der Waals surface area contributed by atoms with Crippen LogP contribution >= 0.6 is 0 Å². The number of amides is 1. The van der Waals surface area contributed by atoms with Crippen LogP contribution in [0.5, 0.6) is 0 Å². The van der Waals surface area contributed by atoms with Crippen molar-refractivity contribution < 1.29 is 24.1 Å². The standard InChI is InChI=1S/C26H38N2O6/c1-15(2)7-8-20-25(5,34-20)23-22(32-6)19(9-11-26(23)14-33-26)28(24(30)31)21(16(3)4)18-13-17(29)10-12-27-18/h7,10,12-13,16,19-23H,8-9,11,14H2,1-6H3,(H,27,29)(H,30,31)/t19-,20-,21?,22-,23-,25+,26+/m1/s1. The Bertz CT molecular complexity index is 995. The molecular weight excluding hydrogens is 436 g/mol. The van der Waals surface area contributed by atoms with E-state index in [4.69, 9.17) is 14.2 Å². The van der Waals surface area contributed by atoms with Crippen molar-refractivity contribution in [3.63, 3.8) is 0 Å². The van der Waals surface area contributed by atoms with Gasteiger partial charge >= 0.3 is 6.09 Å². The van der Waals surface area contributed by atoms with Gasteiger partial charge in [0, 0.05) is 37.1 Å². The predicted octanol–water partition coefficient (Wildman–Crippen LogP) is 4.13. The van der Waals surface area contributed by atoms with Crippen LogP contribution in [0.3, 0.4) is 0 Å². The van der Waals surface area contributed by atoms with E-state index in [1.807, 2.05) is 13.8 Å². The third-order valence-corrected chi connectivity index (χ3v) is 7.88. The highest BCUT2D eigenvalue weighted by Gasteiger charge is 2.72. The largest absolute Gasteiger partial charge is 0.465 e. The lowest BCUT2D eigenvalue weighted by Crippen LogP contribution is -2.61. The van der Waals surface area contributed by atoms with Crippen molar-refractivity contribution in [1.82, 2.24) is 9.88 Å². The van der Waals surface area contributed by atoms with Crippen LogP contribution < -0.4 is 5.43 Å². The van der Waals surface area contributed by atoms with Crippen LogP contribution in [0, 0.1) is 11.8 Å². The number of allylic oxidation sites excluding steroid dienone is 1. The molecule has 1 aromatic heterocycles. The van der Waals surface area contributed by atoms with E-state index >= 15 is 0 Å². The van der Waals surface area contributed by atoms with Crippen LogP contribution in [0.4, 0.5) is 4.79 Å². The van der Waals surface area contributed by atoms with Gasteiger partial charge in [-0.1, -0.05) is 25.5 Å². The van der Waals surface area contributed by atoms with E-state index in [-0.39, 0.29) is 29.0 Å². The maximum Gasteiger partial charge on any atom is 0.408 e. The summed E-state index contributed by atoms with van der Waals surface area (Å²) in [5.41, 5.74) is 0.911. The third kappa shape index (κ3) is 4.43. The fourth-order valence-electron chi connectivity index (χ4n) is 6.19. The normalized spacial score (nSPS) is 35.1. The van der Waals surface area contributed by atoms with Crippen molar-refractivity contribution in [2.45, 2.75) is 89.4 Å². The van der Waals surface area contributed by atoms with Crippen molar-refractivity contribution in [3.05, 3.63) is 45.9 Å². The van der Waals surface area contributed by atoms with Gasteiger partial charge in [-0.2, -0.15) is 0 Å². The van der Waals surface area contributed by atoms with Crippen molar-refractivity contribution >= 4 is 6.09 Å². The zero-order chi connectivity index (χ0) is 24.8. The molecule has 1 saturated carbocycles. The number of hydrogen-bond acceptors (Lipinski definition) is 5. The van der Waals surface area contributed by atoms with E-state index in [9.17, 15) is 14.7 Å². The van der Waals surface area contributed by atoms with Crippen molar-refractivity contribution in [2.24, 2.45) is 11.8 Å². The first-order chi connectivity index (χ1) is 16.0. The second-order valence-electron chi connectivity index (χ2n) is 10.8. The van der Waals surface area contributed by atoms with E-state index in [1.54, 1.807) is 13.3 Å². The summed E-state index contributed by atoms with van der Waals surface area (Å²) >= 11 is 0. The number of ether oxygens (including phenoxy) is 3. The van der Waals surface area contributed by atoms with Gasteiger partial charge in [0.25, 0.3) is 0 Å². The maximum atomic E-state index is 12.8. The van der Waals surface area contributed by atoms with E-state index in [1.165, 1.54) is 22.6 Å². The lowest BCUT2D eigenvalue weighted by molar-refractivity contribution is -0.102. The summed E-state index contributed by atoms with van der Waals surface area (Å²) in [6.07, 6.45) is 4.57. The molecule has 3 aliphatic rings. The quantitative estimate of drug-likeness (QED) is 0.433. The Morgan fingerprint density at radius 2 is 2.12 bits per heavy atom. The minimum Gasteiger partial charge on any atom is -0.465 e. The van der Waals surface area contributed by atoms with E-state index in [0.717, 1.165) is 12.8 Å². The summed E-state index contributed by atoms with van der Waals surface area (Å²) in [6.45, 7) is 10.8. The van der Waals surface area contributed by atoms with Gasteiger partial charge < -0.3 is 24.3 Å². The van der Waals surface area contributed by atoms with Crippen LogP contribution in [0.2, 0.25) is 0 Å². The highest BCUT2D eigenvalue weighted by Crippen LogP contribution is 2.60. The number of hydrogen-bond donors (Lipinski definition) is 2. The van der Waals surface area contributed by atoms with E-state index in [2.05, 4.69) is 31.8 Å². The zero-order valence-corrected chi connectivity index (χ0v) is 21.0. The molecule has 7 atom stereocenters. The van der Waals surface area contributed by atoms with Crippen molar-refractivity contribution in [2.75, 3.05) is 13.7 Å². The molecule has 0 radical (unpaired) electrons. The van der Waals surface area contributed by atoms with Crippen molar-refractivity contribution in [3.8, 4) is 0 Å². The van der Waals surface area contributed by atoms with Gasteiger partial charge in [-0.3, -0.25) is 9.69 Å². The number of H-pyrrole nitrogens is 1. The summed E-state index contributed by atoms with van der Waals surface area (Å²) in [7, 11) is 1.65. The SMILES string of the molecule is CO[C@@H]1[C@H](N(C(=O)O)C(c2cc(=O)cc[nH]2)C(C)C)CC[C@]2(CO2)[C@H]1[C@@]1(C)O[C@@H]1CC=C(C)C. The second-order valence-corrected chi connectivity index (χ2v) is 10.8. The number of carbonyl (C=O) groups is 1. The Morgan fingerprint density at radius 1 is 1.41 bits per heavy atom. The average Bonchev–Trinajstić information content (AvgIpc) is 3.67. The van der Waals surface area contributed by atoms with Gasteiger partial charge in [0.1, 0.15) is 5.60 Å². The lowest BCUT2D eigenvalue weighted by Gasteiger charge is -2.49. The summed E-state index contributed by atoms with van der Waals surface area (Å²) in [5.74, 6) is -0.153. The monoisotopic (exact) mass is 474 g/mol. The molecule has 1 aliphatic carbocycles. The first-order valence-corrected chi connectivity index (χ1v) is 12.2. The Morgan fingerprint density at radius 3 is 2.65 bits per heavy atom. The molecule has 0 aromatic carbocycles. The number of aromatic nitrogens is 1. The number of carboxylic acid groups (broad SMARTS) is 1. The number of nitrogens with zero attached hydrogens (tertiary/aromatic N) is 1. The molecule has 1 unspecified atom stereocenters. The molecule has 1 spiro atoms. The van der Waals surface area contributed by atoms with Gasteiger partial charge in [-0.25, -0.2) is 4.79 Å². The fourth-order valence-corrected chi connectivity index (χ4v) is 6.19. The number of pyridine rings is 1. The highest BCUT2D eigenvalue weighted by atomic mass is 16.6. The average molecular weight is 475 g/mol. The molecule has 2 N–H and O–H groups in total. The van der Waals surface area contributed by atoms with Crippen LogP contribution in [0.25, 0.3) is 0 Å². The molecule has 34 heavy (non-hydrogen) atoms. The molecule has 4 rings (SSSR count). The molecular formula is C26H38N2O6. The van der Waals surface area contributed by atoms with Crippen LogP contribution in [-0.4, -0.2) is 64.3 Å². The first-order valence-electron chi connectivity index (χ1n) is 12.2. The Balaban J connectivity index is 1.70. The van der Waals surface area contributed by atoms with Gasteiger partial charge in [-0.15, -0.1) is 0 Å². The van der Waals surface area contributed by atoms with Gasteiger partial charge in [0.2, 0.25) is 0 Å². The first kappa shape index (κ1) is 24.9. The molecule has 2 saturated heterocycles. The molecule has 0 bridgehead atoms. The molecule has 1 amide bonds. The summed E-state index contributed by atoms with van der Waals surface area (Å²) in [4.78, 5) is 29.5. The molecule has 8 nitrogen and oxygen atoms in total. The number of aromatic amines is 1. The lowest BCUT2D eigenvalue weighted by atomic mass is 9.67. The second kappa shape index (κ2) is 9.13. The third-order valence-electron chi connectivity index (χ3n) is 7.88. The number of rotatable bonds is 8. The van der Waals surface area contributed by atoms with Crippen molar-refractivity contribution in [1.29, 1.82) is 0 Å². The van der Waals surface area contributed by atoms with Crippen LogP contribution in [0.1, 0.15) is 65.6 Å². The Labute approximate surface area is 201 Å². The summed E-state index contributed by atoms with van der Waals surface area (Å²) < 4.78 is 18.4. The molecule has 3 heterocycles. The topological polar surface area (TPSA) is 108 Å². The van der Waals surface area contributed by atoms with Crippen LogP contribution in [0.15, 0.2) is 34.8 Å². The number of epoxide rings is 2. The van der Waals surface area contributed by atoms with E-state index < -0.39 is 29.9 Å². The maximum absolute atomic E-state index is 12.8. The molecule has 3 fully saturated rings. The summed E-state index contributed by atoms with van der Waals surface area (Å²) in [5, 5.41) is 10.4. The zero-order valence-electron chi connectivity index (χ0n) is 21.0. The van der Waals surface area contributed by atoms with Gasteiger partial charge in [-0.05, 0) is 46.0 Å². The smallest absolute Gasteiger partial charge is 0.408 e. The number of nitrogens with one attached hydrogen (secondary N) is 1. The molecule has 8 heteroatoms. The molecule has 188 valence electrons. The predicted molar refractivity (Wildman–Crippen MR) is 128 cm³/mol. The Kier molecular flexibility index (Phi) is 6.70. The molecule has 2 aliphatic heterocycles. The van der Waals surface area contributed by atoms with Crippen LogP contribution in [-0.2, 0) is 14.2 Å². The highest BCUT2D eigenvalue weighted by molar-refractivity contribution is 5.66.